The summed E-state index contributed by atoms with van der Waals surface area (Å²) in [4.78, 5) is 0. The number of halogens is 1. The Balaban J connectivity index is 2.20. The topological polar surface area (TPSA) is 21.3 Å². The van der Waals surface area contributed by atoms with Crippen molar-refractivity contribution in [3.63, 3.8) is 0 Å². The van der Waals surface area contributed by atoms with Crippen LogP contribution in [0.5, 0.6) is 0 Å². The number of hydrogen-bond acceptors (Lipinski definition) is 2. The molecule has 2 unspecified atom stereocenters. The van der Waals surface area contributed by atoms with Crippen molar-refractivity contribution in [3.05, 3.63) is 35.1 Å². The molecule has 0 radical (unpaired) electrons. The zero-order valence-electron chi connectivity index (χ0n) is 11.2. The highest BCUT2D eigenvalue weighted by Gasteiger charge is 2.27. The standard InChI is InChI=1S/C15H22FNO/c1-3-8-17-15(14-5-4-9-18-14)13-7-6-12(16)10-11(13)2/h6-7,10,14-15,17H,3-5,8-9H2,1-2H3. The second-order valence-corrected chi connectivity index (χ2v) is 4.98. The number of nitrogens with one attached hydrogen (secondary N) is 1. The summed E-state index contributed by atoms with van der Waals surface area (Å²) in [5, 5.41) is 3.54. The Morgan fingerprint density at radius 1 is 1.50 bits per heavy atom. The van der Waals surface area contributed by atoms with Crippen molar-refractivity contribution < 1.29 is 9.13 Å². The molecule has 1 aromatic carbocycles. The summed E-state index contributed by atoms with van der Waals surface area (Å²) in [6.07, 6.45) is 3.51. The van der Waals surface area contributed by atoms with Crippen LogP contribution < -0.4 is 5.32 Å². The van der Waals surface area contributed by atoms with Gasteiger partial charge in [0.15, 0.2) is 0 Å². The average Bonchev–Trinajstić information content (AvgIpc) is 2.85. The van der Waals surface area contributed by atoms with Crippen LogP contribution in [0.4, 0.5) is 4.39 Å². The van der Waals surface area contributed by atoms with Crippen molar-refractivity contribution in [2.45, 2.75) is 45.3 Å². The first kappa shape index (κ1) is 13.5. The fourth-order valence-electron chi connectivity index (χ4n) is 2.60. The van der Waals surface area contributed by atoms with Gasteiger partial charge in [-0.15, -0.1) is 0 Å². The number of ether oxygens (including phenoxy) is 1. The highest BCUT2D eigenvalue weighted by molar-refractivity contribution is 5.30. The van der Waals surface area contributed by atoms with Gasteiger partial charge in [-0.1, -0.05) is 13.0 Å². The summed E-state index contributed by atoms with van der Waals surface area (Å²) in [5.41, 5.74) is 2.16. The monoisotopic (exact) mass is 251 g/mol. The second kappa shape index (κ2) is 6.30. The molecule has 1 fully saturated rings. The van der Waals surface area contributed by atoms with E-state index in [-0.39, 0.29) is 18.0 Å². The maximum absolute atomic E-state index is 13.2. The van der Waals surface area contributed by atoms with Gasteiger partial charge < -0.3 is 10.1 Å². The predicted octanol–water partition coefficient (Wildman–Crippen LogP) is 3.35. The fraction of sp³-hybridized carbons (Fsp3) is 0.600. The first-order chi connectivity index (χ1) is 8.72. The number of benzene rings is 1. The van der Waals surface area contributed by atoms with E-state index in [2.05, 4.69) is 12.2 Å². The van der Waals surface area contributed by atoms with E-state index in [1.165, 1.54) is 6.07 Å². The van der Waals surface area contributed by atoms with Crippen LogP contribution in [0.1, 0.15) is 43.4 Å². The molecule has 2 nitrogen and oxygen atoms in total. The summed E-state index contributed by atoms with van der Waals surface area (Å²) in [5.74, 6) is -0.169. The molecule has 1 saturated heterocycles. The molecule has 0 amide bonds. The van der Waals surface area contributed by atoms with Gasteiger partial charge in [0.05, 0.1) is 12.1 Å². The third-order valence-corrected chi connectivity index (χ3v) is 3.52. The quantitative estimate of drug-likeness (QED) is 0.866. The average molecular weight is 251 g/mol. The number of rotatable bonds is 5. The zero-order chi connectivity index (χ0) is 13.0. The molecule has 0 saturated carbocycles. The van der Waals surface area contributed by atoms with Gasteiger partial charge in [0.1, 0.15) is 5.82 Å². The lowest BCUT2D eigenvalue weighted by molar-refractivity contribution is 0.0781. The maximum atomic E-state index is 13.2. The molecular weight excluding hydrogens is 229 g/mol. The van der Waals surface area contributed by atoms with E-state index in [0.29, 0.717) is 0 Å². The van der Waals surface area contributed by atoms with Crippen molar-refractivity contribution in [1.82, 2.24) is 5.32 Å². The largest absolute Gasteiger partial charge is 0.376 e. The Hall–Kier alpha value is -0.930. The van der Waals surface area contributed by atoms with Gasteiger partial charge >= 0.3 is 0 Å². The normalized spacial score (nSPS) is 21.2. The molecule has 18 heavy (non-hydrogen) atoms. The van der Waals surface area contributed by atoms with Crippen molar-refractivity contribution in [1.29, 1.82) is 0 Å². The first-order valence-corrected chi connectivity index (χ1v) is 6.83. The molecule has 1 heterocycles. The van der Waals surface area contributed by atoms with Crippen LogP contribution in [0, 0.1) is 12.7 Å². The Bertz CT molecular complexity index is 388. The van der Waals surface area contributed by atoms with Crippen LogP contribution in [0.25, 0.3) is 0 Å². The van der Waals surface area contributed by atoms with Gasteiger partial charge in [0.25, 0.3) is 0 Å². The Kier molecular flexibility index (Phi) is 4.72. The van der Waals surface area contributed by atoms with Gasteiger partial charge in [-0.05, 0) is 56.0 Å². The summed E-state index contributed by atoms with van der Waals surface area (Å²) in [6.45, 7) is 5.92. The highest BCUT2D eigenvalue weighted by atomic mass is 19.1. The Morgan fingerprint density at radius 3 is 2.94 bits per heavy atom. The highest BCUT2D eigenvalue weighted by Crippen LogP contribution is 2.29. The summed E-state index contributed by atoms with van der Waals surface area (Å²) < 4.78 is 19.0. The van der Waals surface area contributed by atoms with E-state index in [4.69, 9.17) is 4.74 Å². The lowest BCUT2D eigenvalue weighted by Crippen LogP contribution is -2.32. The molecule has 100 valence electrons. The molecule has 3 heteroatoms. The van der Waals surface area contributed by atoms with E-state index in [9.17, 15) is 4.39 Å². The molecule has 2 rings (SSSR count). The summed E-state index contributed by atoms with van der Waals surface area (Å²) in [6, 6.07) is 5.22. The van der Waals surface area contributed by atoms with Gasteiger partial charge in [0.2, 0.25) is 0 Å². The molecule has 2 atom stereocenters. The lowest BCUT2D eigenvalue weighted by atomic mass is 9.95. The first-order valence-electron chi connectivity index (χ1n) is 6.83. The number of aryl methyl sites for hydroxylation is 1. The van der Waals surface area contributed by atoms with Crippen LogP contribution in [0.15, 0.2) is 18.2 Å². The molecule has 0 aliphatic carbocycles. The zero-order valence-corrected chi connectivity index (χ0v) is 11.2. The van der Waals surface area contributed by atoms with Gasteiger partial charge in [-0.2, -0.15) is 0 Å². The Morgan fingerprint density at radius 2 is 2.33 bits per heavy atom. The van der Waals surface area contributed by atoms with Crippen LogP contribution >= 0.6 is 0 Å². The van der Waals surface area contributed by atoms with Crippen molar-refractivity contribution >= 4 is 0 Å². The Labute approximate surface area is 109 Å². The van der Waals surface area contributed by atoms with E-state index in [1.54, 1.807) is 6.07 Å². The van der Waals surface area contributed by atoms with Crippen molar-refractivity contribution in [2.24, 2.45) is 0 Å². The predicted molar refractivity (Wildman–Crippen MR) is 71.1 cm³/mol. The maximum Gasteiger partial charge on any atom is 0.123 e. The van der Waals surface area contributed by atoms with Crippen LogP contribution in [0.3, 0.4) is 0 Å². The fourth-order valence-corrected chi connectivity index (χ4v) is 2.60. The van der Waals surface area contributed by atoms with Gasteiger partial charge in [-0.3, -0.25) is 0 Å². The van der Waals surface area contributed by atoms with E-state index in [0.717, 1.165) is 43.5 Å². The number of hydrogen-bond donors (Lipinski definition) is 1. The second-order valence-electron chi connectivity index (χ2n) is 4.98. The molecule has 0 spiro atoms. The molecule has 1 aromatic rings. The third kappa shape index (κ3) is 3.09. The smallest absolute Gasteiger partial charge is 0.123 e. The molecule has 1 N–H and O–H groups in total. The minimum absolute atomic E-state index is 0.169. The molecular formula is C15H22FNO. The third-order valence-electron chi connectivity index (χ3n) is 3.52. The van der Waals surface area contributed by atoms with Crippen molar-refractivity contribution in [2.75, 3.05) is 13.2 Å². The van der Waals surface area contributed by atoms with E-state index >= 15 is 0 Å². The van der Waals surface area contributed by atoms with Gasteiger partial charge in [0, 0.05) is 6.61 Å². The van der Waals surface area contributed by atoms with E-state index < -0.39 is 0 Å². The van der Waals surface area contributed by atoms with Crippen molar-refractivity contribution in [3.8, 4) is 0 Å². The van der Waals surface area contributed by atoms with Crippen LogP contribution in [-0.4, -0.2) is 19.3 Å². The van der Waals surface area contributed by atoms with E-state index in [1.807, 2.05) is 13.0 Å². The SMILES string of the molecule is CCCNC(c1ccc(F)cc1C)C1CCCO1. The van der Waals surface area contributed by atoms with Gasteiger partial charge in [-0.25, -0.2) is 4.39 Å². The molecule has 1 aliphatic heterocycles. The lowest BCUT2D eigenvalue weighted by Gasteiger charge is -2.26. The summed E-state index contributed by atoms with van der Waals surface area (Å²) in [7, 11) is 0. The molecule has 1 aliphatic rings. The summed E-state index contributed by atoms with van der Waals surface area (Å²) >= 11 is 0. The van der Waals surface area contributed by atoms with Crippen LogP contribution in [0.2, 0.25) is 0 Å². The minimum atomic E-state index is -0.169. The van der Waals surface area contributed by atoms with Crippen LogP contribution in [-0.2, 0) is 4.74 Å². The minimum Gasteiger partial charge on any atom is -0.376 e. The molecule has 0 aromatic heterocycles. The molecule has 0 bridgehead atoms.